The molecule has 0 heterocycles. The van der Waals surface area contributed by atoms with Gasteiger partial charge in [-0.1, -0.05) is 110 Å². The Morgan fingerprint density at radius 3 is 1.83 bits per heavy atom. The van der Waals surface area contributed by atoms with E-state index in [1.807, 2.05) is 24.3 Å². The van der Waals surface area contributed by atoms with E-state index in [-0.39, 0.29) is 0 Å². The van der Waals surface area contributed by atoms with E-state index in [2.05, 4.69) is 73.2 Å². The predicted molar refractivity (Wildman–Crippen MR) is 136 cm³/mol. The number of ether oxygens (including phenoxy) is 1. The van der Waals surface area contributed by atoms with Gasteiger partial charge in [0.25, 0.3) is 0 Å². The van der Waals surface area contributed by atoms with E-state index in [0.29, 0.717) is 11.7 Å². The normalized spacial score (nSPS) is 13.8. The van der Waals surface area contributed by atoms with Crippen LogP contribution in [-0.4, -0.2) is 7.11 Å². The summed E-state index contributed by atoms with van der Waals surface area (Å²) in [5.74, 6) is 1.84. The first kappa shape index (κ1) is 27.5. The van der Waals surface area contributed by atoms with Crippen molar-refractivity contribution in [2.24, 2.45) is 11.8 Å². The Morgan fingerprint density at radius 2 is 1.33 bits per heavy atom. The summed E-state index contributed by atoms with van der Waals surface area (Å²) >= 11 is 0. The van der Waals surface area contributed by atoms with Crippen molar-refractivity contribution in [3.8, 4) is 0 Å². The van der Waals surface area contributed by atoms with E-state index >= 15 is 0 Å². The van der Waals surface area contributed by atoms with Crippen LogP contribution in [0.4, 0.5) is 0 Å². The molecule has 0 aromatic rings. The number of hydrogen-bond acceptors (Lipinski definition) is 1. The van der Waals surface area contributed by atoms with Crippen LogP contribution in [0.15, 0.2) is 109 Å². The van der Waals surface area contributed by atoms with Crippen molar-refractivity contribution in [1.82, 2.24) is 0 Å². The lowest BCUT2D eigenvalue weighted by Crippen LogP contribution is -2.00. The van der Waals surface area contributed by atoms with E-state index in [1.54, 1.807) is 7.11 Å². The molecule has 0 N–H and O–H groups in total. The minimum absolute atomic E-state index is 0.469. The van der Waals surface area contributed by atoms with E-state index in [0.717, 1.165) is 52.2 Å². The maximum Gasteiger partial charge on any atom is 0.111 e. The highest BCUT2D eigenvalue weighted by Crippen LogP contribution is 2.24. The van der Waals surface area contributed by atoms with Gasteiger partial charge < -0.3 is 4.74 Å². The monoisotopic (exact) mass is 406 g/mol. The van der Waals surface area contributed by atoms with Gasteiger partial charge in [0.15, 0.2) is 0 Å². The first-order valence-corrected chi connectivity index (χ1v) is 10.8. The van der Waals surface area contributed by atoms with E-state index in [9.17, 15) is 0 Å². The minimum Gasteiger partial charge on any atom is -0.497 e. The zero-order chi connectivity index (χ0) is 23.3. The van der Waals surface area contributed by atoms with Gasteiger partial charge in [0.1, 0.15) is 5.76 Å². The molecule has 0 aliphatic heterocycles. The standard InChI is InChI=1S/C29H42O/c1-12-21(3)14-15-22(4)23(5)16-17-24(6)25(7)18-19-26(8)28(10)29(13-2)20-27(9)30-11/h16-22H,5-10,12-15H2,1-4,11H3/b17-16-,19-18-,29-20-. The second-order valence-corrected chi connectivity index (χ2v) is 7.98. The largest absolute Gasteiger partial charge is 0.497 e. The fourth-order valence-corrected chi connectivity index (χ4v) is 2.67. The van der Waals surface area contributed by atoms with Crippen LogP contribution >= 0.6 is 0 Å². The topological polar surface area (TPSA) is 9.23 Å². The lowest BCUT2D eigenvalue weighted by Gasteiger charge is -2.14. The molecule has 30 heavy (non-hydrogen) atoms. The summed E-state index contributed by atoms with van der Waals surface area (Å²) in [6, 6.07) is 0. The molecule has 0 aromatic carbocycles. The van der Waals surface area contributed by atoms with Crippen LogP contribution in [0.3, 0.4) is 0 Å². The van der Waals surface area contributed by atoms with Crippen LogP contribution in [0.5, 0.6) is 0 Å². The van der Waals surface area contributed by atoms with Crippen molar-refractivity contribution in [1.29, 1.82) is 0 Å². The lowest BCUT2D eigenvalue weighted by atomic mass is 9.91. The average Bonchev–Trinajstić information content (AvgIpc) is 2.75. The van der Waals surface area contributed by atoms with Crippen molar-refractivity contribution in [2.75, 3.05) is 7.11 Å². The molecule has 0 rings (SSSR count). The van der Waals surface area contributed by atoms with Crippen LogP contribution in [0.25, 0.3) is 0 Å². The summed E-state index contributed by atoms with van der Waals surface area (Å²) in [7, 11) is 1.61. The molecular weight excluding hydrogens is 364 g/mol. The first-order valence-electron chi connectivity index (χ1n) is 10.8. The second-order valence-electron chi connectivity index (χ2n) is 7.98. The van der Waals surface area contributed by atoms with Crippen molar-refractivity contribution < 1.29 is 4.74 Å². The molecule has 0 aliphatic carbocycles. The summed E-state index contributed by atoms with van der Waals surface area (Å²) in [5, 5.41) is 0. The van der Waals surface area contributed by atoms with Gasteiger partial charge in [-0.25, -0.2) is 0 Å². The van der Waals surface area contributed by atoms with Gasteiger partial charge in [0, 0.05) is 0 Å². The van der Waals surface area contributed by atoms with Crippen molar-refractivity contribution in [3.05, 3.63) is 109 Å². The molecule has 164 valence electrons. The number of allylic oxidation sites excluding steroid dienone is 11. The first-order chi connectivity index (χ1) is 14.1. The van der Waals surface area contributed by atoms with Crippen molar-refractivity contribution in [3.63, 3.8) is 0 Å². The predicted octanol–water partition coefficient (Wildman–Crippen LogP) is 8.84. The van der Waals surface area contributed by atoms with E-state index in [4.69, 9.17) is 4.74 Å². The zero-order valence-electron chi connectivity index (χ0n) is 20.0. The Kier molecular flexibility index (Phi) is 13.2. The SMILES string of the molecule is C=C(/C=C(/CC)C(=C)C(=C)/C=C\C(=C)C(=C)/C=C\C(=C)C(C)CCC(C)CC)OC. The molecule has 0 radical (unpaired) electrons. The Hall–Kier alpha value is -2.54. The fourth-order valence-electron chi connectivity index (χ4n) is 2.67. The third-order valence-corrected chi connectivity index (χ3v) is 5.57. The van der Waals surface area contributed by atoms with Gasteiger partial charge in [-0.3, -0.25) is 0 Å². The van der Waals surface area contributed by atoms with Gasteiger partial charge in [0.05, 0.1) is 7.11 Å². The highest BCUT2D eigenvalue weighted by molar-refractivity contribution is 5.53. The van der Waals surface area contributed by atoms with Crippen molar-refractivity contribution in [2.45, 2.75) is 53.4 Å². The van der Waals surface area contributed by atoms with Crippen LogP contribution in [-0.2, 0) is 4.74 Å². The molecular formula is C29H42O. The summed E-state index contributed by atoms with van der Waals surface area (Å²) in [6.07, 6.45) is 14.2. The van der Waals surface area contributed by atoms with Gasteiger partial charge in [-0.15, -0.1) is 0 Å². The molecule has 0 aromatic heterocycles. The second kappa shape index (κ2) is 14.4. The number of rotatable bonds is 15. The zero-order valence-corrected chi connectivity index (χ0v) is 20.0. The highest BCUT2D eigenvalue weighted by Gasteiger charge is 2.07. The van der Waals surface area contributed by atoms with Gasteiger partial charge in [-0.05, 0) is 58.6 Å². The molecule has 2 unspecified atom stereocenters. The number of methoxy groups -OCH3 is 1. The molecule has 0 bridgehead atoms. The average molecular weight is 407 g/mol. The molecule has 0 saturated carbocycles. The molecule has 0 amide bonds. The van der Waals surface area contributed by atoms with Crippen LogP contribution in [0.2, 0.25) is 0 Å². The summed E-state index contributed by atoms with van der Waals surface area (Å²) < 4.78 is 5.14. The Balaban J connectivity index is 4.88. The highest BCUT2D eigenvalue weighted by atomic mass is 16.5. The molecule has 0 fully saturated rings. The van der Waals surface area contributed by atoms with Gasteiger partial charge in [0.2, 0.25) is 0 Å². The fraction of sp³-hybridized carbons (Fsp3) is 0.379. The van der Waals surface area contributed by atoms with E-state index < -0.39 is 0 Å². The Bertz CT molecular complexity index is 751. The Morgan fingerprint density at radius 1 is 0.800 bits per heavy atom. The quantitative estimate of drug-likeness (QED) is 0.195. The third kappa shape index (κ3) is 10.3. The number of hydrogen-bond donors (Lipinski definition) is 0. The lowest BCUT2D eigenvalue weighted by molar-refractivity contribution is 0.308. The third-order valence-electron chi connectivity index (χ3n) is 5.57. The van der Waals surface area contributed by atoms with Crippen LogP contribution in [0, 0.1) is 11.8 Å². The molecule has 1 heteroatoms. The smallest absolute Gasteiger partial charge is 0.111 e. The Labute approximate surface area is 186 Å². The van der Waals surface area contributed by atoms with Gasteiger partial charge >= 0.3 is 0 Å². The molecule has 2 atom stereocenters. The molecule has 0 aliphatic rings. The minimum atomic E-state index is 0.469. The molecule has 0 spiro atoms. The maximum atomic E-state index is 5.14. The summed E-state index contributed by atoms with van der Waals surface area (Å²) in [5.41, 5.74) is 5.56. The molecule has 1 nitrogen and oxygen atoms in total. The maximum absolute atomic E-state index is 5.14. The van der Waals surface area contributed by atoms with Crippen molar-refractivity contribution >= 4 is 0 Å². The summed E-state index contributed by atoms with van der Waals surface area (Å²) in [4.78, 5) is 0. The van der Waals surface area contributed by atoms with E-state index in [1.165, 1.54) is 12.8 Å². The van der Waals surface area contributed by atoms with Crippen LogP contribution < -0.4 is 0 Å². The van der Waals surface area contributed by atoms with Gasteiger partial charge in [-0.2, -0.15) is 0 Å². The summed E-state index contributed by atoms with van der Waals surface area (Å²) in [6.45, 7) is 33.4. The molecule has 0 saturated heterocycles. The van der Waals surface area contributed by atoms with Crippen LogP contribution in [0.1, 0.15) is 53.4 Å².